The van der Waals surface area contributed by atoms with E-state index < -0.39 is 24.3 Å². The van der Waals surface area contributed by atoms with Crippen LogP contribution in [-0.4, -0.2) is 61.6 Å². The predicted octanol–water partition coefficient (Wildman–Crippen LogP) is 3.99. The number of alkyl carbamates (subject to hydrolysis) is 1. The van der Waals surface area contributed by atoms with Crippen molar-refractivity contribution in [3.63, 3.8) is 0 Å². The Labute approximate surface area is 216 Å². The summed E-state index contributed by atoms with van der Waals surface area (Å²) in [7, 11) is 0. The van der Waals surface area contributed by atoms with Crippen molar-refractivity contribution in [2.45, 2.75) is 18.7 Å². The Balaban J connectivity index is 1.34. The molecule has 2 N–H and O–H groups in total. The molecule has 2 heterocycles. The van der Waals surface area contributed by atoms with Crippen LogP contribution in [0.15, 0.2) is 89.9 Å². The molecule has 37 heavy (non-hydrogen) atoms. The summed E-state index contributed by atoms with van der Waals surface area (Å²) in [5, 5.41) is 5.58. The number of carbonyl (C=O) groups excluding carboxylic acids is 2. The first-order valence-electron chi connectivity index (χ1n) is 12.5. The lowest BCUT2D eigenvalue weighted by Crippen LogP contribution is -2.43. The van der Waals surface area contributed by atoms with E-state index in [-0.39, 0.29) is 0 Å². The standard InChI is InChI=1S/C29H30N4O4/c34-28-27(31-26(22-11-5-2-6-12-22)23-13-7-8-14-24(23)30-28)32-29(35)37-25(21-9-3-1-4-10-21)15-16-33-17-19-36-20-18-33/h1-14,25,27H,15-20H2,(H,30,34)(H,32,35)/t25?,27-/m1/s1. The number of amides is 2. The lowest BCUT2D eigenvalue weighted by molar-refractivity contribution is -0.117. The topological polar surface area (TPSA) is 92.3 Å². The van der Waals surface area contributed by atoms with E-state index in [4.69, 9.17) is 9.47 Å². The van der Waals surface area contributed by atoms with Gasteiger partial charge in [-0.25, -0.2) is 9.79 Å². The number of benzodiazepines with no additional fused rings is 1. The van der Waals surface area contributed by atoms with Gasteiger partial charge < -0.3 is 14.8 Å². The summed E-state index contributed by atoms with van der Waals surface area (Å²) in [6, 6.07) is 26.7. The van der Waals surface area contributed by atoms with E-state index in [0.29, 0.717) is 31.0 Å². The fraction of sp³-hybridized carbons (Fsp3) is 0.276. The van der Waals surface area contributed by atoms with E-state index in [9.17, 15) is 9.59 Å². The molecule has 2 aliphatic heterocycles. The number of ether oxygens (including phenoxy) is 2. The highest BCUT2D eigenvalue weighted by atomic mass is 16.6. The molecule has 1 saturated heterocycles. The molecule has 0 aliphatic carbocycles. The van der Waals surface area contributed by atoms with Crippen molar-refractivity contribution in [1.29, 1.82) is 0 Å². The average molecular weight is 499 g/mol. The summed E-state index contributed by atoms with van der Waals surface area (Å²) < 4.78 is 11.3. The van der Waals surface area contributed by atoms with Crippen molar-refractivity contribution in [3.05, 3.63) is 102 Å². The summed E-state index contributed by atoms with van der Waals surface area (Å²) in [5.41, 5.74) is 3.79. The van der Waals surface area contributed by atoms with Crippen LogP contribution in [-0.2, 0) is 14.3 Å². The molecule has 3 aromatic carbocycles. The highest BCUT2D eigenvalue weighted by Crippen LogP contribution is 2.25. The maximum absolute atomic E-state index is 13.1. The maximum atomic E-state index is 13.1. The van der Waals surface area contributed by atoms with Crippen LogP contribution in [0.25, 0.3) is 0 Å². The Hall–Kier alpha value is -4.01. The highest BCUT2D eigenvalue weighted by Gasteiger charge is 2.28. The van der Waals surface area contributed by atoms with Crippen LogP contribution in [0, 0.1) is 0 Å². The second-order valence-electron chi connectivity index (χ2n) is 8.97. The fourth-order valence-electron chi connectivity index (χ4n) is 4.54. The van der Waals surface area contributed by atoms with E-state index in [2.05, 4.69) is 20.5 Å². The quantitative estimate of drug-likeness (QED) is 0.514. The number of para-hydroxylation sites is 1. The number of fused-ring (bicyclic) bond motifs is 1. The Kier molecular flexibility index (Phi) is 7.88. The summed E-state index contributed by atoms with van der Waals surface area (Å²) in [4.78, 5) is 33.2. The molecule has 1 unspecified atom stereocenters. The maximum Gasteiger partial charge on any atom is 0.409 e. The Morgan fingerprint density at radius 2 is 1.68 bits per heavy atom. The summed E-state index contributed by atoms with van der Waals surface area (Å²) >= 11 is 0. The van der Waals surface area contributed by atoms with E-state index in [1.165, 1.54) is 0 Å². The molecular formula is C29H30N4O4. The normalized spacial score (nSPS) is 18.5. The number of carbonyl (C=O) groups is 2. The Morgan fingerprint density at radius 1 is 1.00 bits per heavy atom. The van der Waals surface area contributed by atoms with Crippen molar-refractivity contribution in [3.8, 4) is 0 Å². The third-order valence-corrected chi connectivity index (χ3v) is 6.48. The van der Waals surface area contributed by atoms with Gasteiger partial charge in [0.2, 0.25) is 6.17 Å². The van der Waals surface area contributed by atoms with Crippen LogP contribution in [0.2, 0.25) is 0 Å². The SMILES string of the molecule is O=C(N[C@H]1N=C(c2ccccc2)c2ccccc2NC1=O)OC(CCN1CCOCC1)c1ccccc1. The lowest BCUT2D eigenvalue weighted by atomic mass is 10.0. The zero-order valence-corrected chi connectivity index (χ0v) is 20.5. The number of aliphatic imine (C=N–C) groups is 1. The minimum Gasteiger partial charge on any atom is -0.441 e. The molecule has 0 saturated carbocycles. The van der Waals surface area contributed by atoms with Crippen LogP contribution < -0.4 is 10.6 Å². The molecule has 0 aromatic heterocycles. The van der Waals surface area contributed by atoms with E-state index in [1.807, 2.05) is 84.9 Å². The molecule has 0 spiro atoms. The molecule has 0 radical (unpaired) electrons. The third-order valence-electron chi connectivity index (χ3n) is 6.48. The first-order chi connectivity index (χ1) is 18.2. The van der Waals surface area contributed by atoms with Gasteiger partial charge in [0.15, 0.2) is 0 Å². The molecular weight excluding hydrogens is 468 g/mol. The van der Waals surface area contributed by atoms with Gasteiger partial charge >= 0.3 is 6.09 Å². The third kappa shape index (κ3) is 6.22. The molecule has 2 atom stereocenters. The van der Waals surface area contributed by atoms with Crippen molar-refractivity contribution >= 4 is 23.4 Å². The predicted molar refractivity (Wildman–Crippen MR) is 142 cm³/mol. The molecule has 0 bridgehead atoms. The molecule has 5 rings (SSSR count). The van der Waals surface area contributed by atoms with Gasteiger partial charge in [0.1, 0.15) is 6.10 Å². The number of nitrogens with one attached hydrogen (secondary N) is 2. The van der Waals surface area contributed by atoms with Crippen molar-refractivity contribution in [1.82, 2.24) is 10.2 Å². The zero-order valence-electron chi connectivity index (χ0n) is 20.5. The Morgan fingerprint density at radius 3 is 2.43 bits per heavy atom. The van der Waals surface area contributed by atoms with Crippen LogP contribution in [0.3, 0.4) is 0 Å². The summed E-state index contributed by atoms with van der Waals surface area (Å²) in [6.45, 7) is 3.89. The largest absolute Gasteiger partial charge is 0.441 e. The van der Waals surface area contributed by atoms with Crippen LogP contribution in [0.5, 0.6) is 0 Å². The van der Waals surface area contributed by atoms with Crippen LogP contribution in [0.1, 0.15) is 29.2 Å². The van der Waals surface area contributed by atoms with Crippen molar-refractivity contribution < 1.29 is 19.1 Å². The Bertz CT molecular complexity index is 1240. The molecule has 2 amide bonds. The highest BCUT2D eigenvalue weighted by molar-refractivity contribution is 6.19. The van der Waals surface area contributed by atoms with Crippen molar-refractivity contribution in [2.75, 3.05) is 38.2 Å². The summed E-state index contributed by atoms with van der Waals surface area (Å²) in [6.07, 6.45) is -1.69. The van der Waals surface area contributed by atoms with Gasteiger partial charge in [0, 0.05) is 37.2 Å². The second kappa shape index (κ2) is 11.8. The van der Waals surface area contributed by atoms with E-state index >= 15 is 0 Å². The minimum atomic E-state index is -1.15. The van der Waals surface area contributed by atoms with Gasteiger partial charge in [-0.1, -0.05) is 78.9 Å². The number of hydrogen-bond donors (Lipinski definition) is 2. The average Bonchev–Trinajstić information content (AvgIpc) is 3.08. The van der Waals surface area contributed by atoms with Gasteiger partial charge in [-0.15, -0.1) is 0 Å². The molecule has 8 heteroatoms. The smallest absolute Gasteiger partial charge is 0.409 e. The van der Waals surface area contributed by atoms with Gasteiger partial charge in [0.25, 0.3) is 5.91 Å². The van der Waals surface area contributed by atoms with Crippen LogP contribution in [0.4, 0.5) is 10.5 Å². The first kappa shape index (κ1) is 24.7. The molecule has 1 fully saturated rings. The van der Waals surface area contributed by atoms with Gasteiger partial charge in [-0.05, 0) is 11.6 Å². The number of rotatable bonds is 7. The van der Waals surface area contributed by atoms with Crippen molar-refractivity contribution in [2.24, 2.45) is 4.99 Å². The van der Waals surface area contributed by atoms with E-state index in [0.717, 1.165) is 36.3 Å². The number of anilines is 1. The van der Waals surface area contributed by atoms with Gasteiger partial charge in [-0.3, -0.25) is 15.0 Å². The molecule has 3 aromatic rings. The summed E-state index contributed by atoms with van der Waals surface area (Å²) in [5.74, 6) is -0.431. The number of morpholine rings is 1. The number of nitrogens with zero attached hydrogens (tertiary/aromatic N) is 2. The van der Waals surface area contributed by atoms with E-state index in [1.54, 1.807) is 0 Å². The number of hydrogen-bond acceptors (Lipinski definition) is 6. The van der Waals surface area contributed by atoms with Crippen LogP contribution >= 0.6 is 0 Å². The second-order valence-corrected chi connectivity index (χ2v) is 8.97. The number of benzene rings is 3. The first-order valence-corrected chi connectivity index (χ1v) is 12.5. The molecule has 2 aliphatic rings. The molecule has 8 nitrogen and oxygen atoms in total. The van der Waals surface area contributed by atoms with Gasteiger partial charge in [-0.2, -0.15) is 0 Å². The zero-order chi connectivity index (χ0) is 25.5. The van der Waals surface area contributed by atoms with Gasteiger partial charge in [0.05, 0.1) is 24.6 Å². The lowest BCUT2D eigenvalue weighted by Gasteiger charge is -2.28. The minimum absolute atomic E-state index is 0.431. The monoisotopic (exact) mass is 498 g/mol. The fourth-order valence-corrected chi connectivity index (χ4v) is 4.54. The molecule has 190 valence electrons.